The average molecular weight is 413 g/mol. The Bertz CT molecular complexity index is 899. The summed E-state index contributed by atoms with van der Waals surface area (Å²) < 4.78 is 17.8. The quantitative estimate of drug-likeness (QED) is 0.403. The first-order valence-corrected chi connectivity index (χ1v) is 11.0. The molecule has 0 amide bonds. The lowest BCUT2D eigenvalue weighted by Gasteiger charge is -2.43. The van der Waals surface area contributed by atoms with Gasteiger partial charge in [0.2, 0.25) is 12.5 Å². The van der Waals surface area contributed by atoms with Crippen molar-refractivity contribution in [3.8, 4) is 17.2 Å². The number of quaternary nitrogens is 1. The lowest BCUT2D eigenvalue weighted by atomic mass is 9.80. The predicted molar refractivity (Wildman–Crippen MR) is 117 cm³/mol. The monoisotopic (exact) mass is 412 g/mol. The predicted octanol–water partition coefficient (Wildman–Crippen LogP) is 4.61. The van der Waals surface area contributed by atoms with Crippen LogP contribution < -0.4 is 14.2 Å². The van der Waals surface area contributed by atoms with Crippen LogP contribution in [0, 0.1) is 11.8 Å². The molecular formula is C25H34NO4+. The van der Waals surface area contributed by atoms with Gasteiger partial charge < -0.3 is 18.7 Å². The van der Waals surface area contributed by atoms with Crippen molar-refractivity contribution in [1.29, 1.82) is 0 Å². The van der Waals surface area contributed by atoms with Gasteiger partial charge in [-0.2, -0.15) is 0 Å². The molecule has 0 saturated carbocycles. The second kappa shape index (κ2) is 8.10. The molecule has 0 saturated heterocycles. The lowest BCUT2D eigenvalue weighted by Crippen LogP contribution is -2.48. The highest BCUT2D eigenvalue weighted by molar-refractivity contribution is 5.90. The number of benzene rings is 1. The Morgan fingerprint density at radius 2 is 2.13 bits per heavy atom. The number of ether oxygens (including phenoxy) is 3. The third-order valence-electron chi connectivity index (χ3n) is 7.12. The van der Waals surface area contributed by atoms with Crippen molar-refractivity contribution >= 4 is 5.78 Å². The van der Waals surface area contributed by atoms with Gasteiger partial charge in [-0.05, 0) is 49.3 Å². The first kappa shape index (κ1) is 21.0. The van der Waals surface area contributed by atoms with Crippen molar-refractivity contribution in [3.63, 3.8) is 0 Å². The van der Waals surface area contributed by atoms with Crippen LogP contribution in [-0.4, -0.2) is 44.8 Å². The van der Waals surface area contributed by atoms with E-state index in [-0.39, 0.29) is 18.6 Å². The van der Waals surface area contributed by atoms with Crippen molar-refractivity contribution in [1.82, 2.24) is 0 Å². The third-order valence-corrected chi connectivity index (χ3v) is 7.12. The van der Waals surface area contributed by atoms with Crippen molar-refractivity contribution in [2.45, 2.75) is 45.6 Å². The summed E-state index contributed by atoms with van der Waals surface area (Å²) in [4.78, 5) is 13.0. The molecule has 3 unspecified atom stereocenters. The lowest BCUT2D eigenvalue weighted by molar-refractivity contribution is -0.922. The molecule has 30 heavy (non-hydrogen) atoms. The smallest absolute Gasteiger partial charge is 0.231 e. The van der Waals surface area contributed by atoms with Gasteiger partial charge in [-0.1, -0.05) is 24.6 Å². The molecule has 162 valence electrons. The maximum Gasteiger partial charge on any atom is 0.231 e. The maximum absolute atomic E-state index is 13.0. The van der Waals surface area contributed by atoms with Crippen molar-refractivity contribution in [2.75, 3.05) is 34.5 Å². The van der Waals surface area contributed by atoms with E-state index in [9.17, 15) is 4.79 Å². The molecule has 0 spiro atoms. The summed E-state index contributed by atoms with van der Waals surface area (Å²) in [5.41, 5.74) is 3.77. The van der Waals surface area contributed by atoms with Crippen LogP contribution in [0.25, 0.3) is 0 Å². The van der Waals surface area contributed by atoms with Crippen LogP contribution in [0.1, 0.15) is 50.3 Å². The second-order valence-corrected chi connectivity index (χ2v) is 9.65. The standard InChI is InChI=1S/C25H34NO4/c1-16-6-7-18(17(2)12-16)8-9-20(27)14-21-23-19(10-11-26(21,3)4)13-22-24(25(23)28-5)30-15-29-22/h6,8-9,13,17-18,21H,7,10-12,14-15H2,1-5H3/q+1. The molecular weight excluding hydrogens is 378 g/mol. The number of hydrogen-bond donors (Lipinski definition) is 0. The summed E-state index contributed by atoms with van der Waals surface area (Å²) in [6.07, 6.45) is 9.81. The van der Waals surface area contributed by atoms with Crippen molar-refractivity contribution < 1.29 is 23.5 Å². The summed E-state index contributed by atoms with van der Waals surface area (Å²) in [6.45, 7) is 5.66. The highest BCUT2D eigenvalue weighted by Gasteiger charge is 2.42. The molecule has 0 radical (unpaired) electrons. The van der Waals surface area contributed by atoms with Crippen molar-refractivity contribution in [3.05, 3.63) is 41.0 Å². The van der Waals surface area contributed by atoms with Gasteiger partial charge in [0.25, 0.3) is 0 Å². The van der Waals surface area contributed by atoms with E-state index >= 15 is 0 Å². The molecule has 5 nitrogen and oxygen atoms in total. The van der Waals surface area contributed by atoms with Gasteiger partial charge in [-0.3, -0.25) is 4.79 Å². The Balaban J connectivity index is 1.60. The van der Waals surface area contributed by atoms with Crippen molar-refractivity contribution in [2.24, 2.45) is 11.8 Å². The molecule has 0 N–H and O–H groups in total. The normalized spacial score (nSPS) is 27.0. The highest BCUT2D eigenvalue weighted by atomic mass is 16.7. The molecule has 2 aliphatic heterocycles. The van der Waals surface area contributed by atoms with Gasteiger partial charge in [0, 0.05) is 6.42 Å². The topological polar surface area (TPSA) is 44.8 Å². The molecule has 0 aromatic heterocycles. The molecule has 0 fully saturated rings. The van der Waals surface area contributed by atoms with E-state index in [0.29, 0.717) is 24.0 Å². The first-order valence-electron chi connectivity index (χ1n) is 11.0. The number of nitrogens with zero attached hydrogens (tertiary/aromatic N) is 1. The summed E-state index contributed by atoms with van der Waals surface area (Å²) in [5.74, 6) is 3.36. The zero-order valence-corrected chi connectivity index (χ0v) is 18.9. The highest BCUT2D eigenvalue weighted by Crippen LogP contribution is 2.51. The molecule has 1 aromatic carbocycles. The molecule has 3 aliphatic rings. The third kappa shape index (κ3) is 3.87. The Labute approximate surface area is 179 Å². The van der Waals surface area contributed by atoms with Gasteiger partial charge in [-0.25, -0.2) is 0 Å². The Morgan fingerprint density at radius 3 is 2.87 bits per heavy atom. The number of methoxy groups -OCH3 is 1. The SMILES string of the molecule is COc1c2c(cc3c1C(CC(=O)C=CC1CC=C(C)CC1C)[N+](C)(C)CC3)OCO2. The Kier molecular flexibility index (Phi) is 5.67. The fourth-order valence-corrected chi connectivity index (χ4v) is 5.19. The maximum atomic E-state index is 13.0. The minimum atomic E-state index is 0.0290. The number of likely N-dealkylation sites (N-methyl/N-ethyl adjacent to an activating group) is 1. The number of carbonyl (C=O) groups excluding carboxylic acids is 1. The minimum absolute atomic E-state index is 0.0290. The minimum Gasteiger partial charge on any atom is -0.492 e. The van der Waals surface area contributed by atoms with E-state index < -0.39 is 0 Å². The fraction of sp³-hybridized carbons (Fsp3) is 0.560. The molecule has 1 aliphatic carbocycles. The Morgan fingerprint density at radius 1 is 1.33 bits per heavy atom. The number of ketones is 1. The van der Waals surface area contributed by atoms with Gasteiger partial charge in [0.15, 0.2) is 17.3 Å². The van der Waals surface area contributed by atoms with Crippen LogP contribution in [0.15, 0.2) is 29.9 Å². The Hall–Kier alpha value is -2.27. The van der Waals surface area contributed by atoms with Crippen LogP contribution in [0.2, 0.25) is 0 Å². The number of rotatable bonds is 5. The molecule has 4 rings (SSSR count). The van der Waals surface area contributed by atoms with Crippen LogP contribution in [0.3, 0.4) is 0 Å². The first-order chi connectivity index (χ1) is 14.3. The molecule has 2 heterocycles. The molecule has 5 heteroatoms. The number of fused-ring (bicyclic) bond motifs is 2. The summed E-state index contributed by atoms with van der Waals surface area (Å²) in [6, 6.07) is 2.10. The average Bonchev–Trinajstić information content (AvgIpc) is 3.16. The van der Waals surface area contributed by atoms with Crippen LogP contribution in [-0.2, 0) is 11.2 Å². The van der Waals surface area contributed by atoms with Crippen LogP contribution in [0.4, 0.5) is 0 Å². The summed E-state index contributed by atoms with van der Waals surface area (Å²) in [5, 5.41) is 0. The van der Waals surface area contributed by atoms with E-state index in [2.05, 4.69) is 46.2 Å². The number of allylic oxidation sites excluding steroid dienone is 4. The van der Waals surface area contributed by atoms with E-state index in [0.717, 1.165) is 47.4 Å². The van der Waals surface area contributed by atoms with E-state index in [1.54, 1.807) is 7.11 Å². The molecule has 0 bridgehead atoms. The van der Waals surface area contributed by atoms with E-state index in [4.69, 9.17) is 14.2 Å². The summed E-state index contributed by atoms with van der Waals surface area (Å²) >= 11 is 0. The van der Waals surface area contributed by atoms with E-state index in [1.165, 1.54) is 11.1 Å². The van der Waals surface area contributed by atoms with Gasteiger partial charge in [0.1, 0.15) is 6.04 Å². The summed E-state index contributed by atoms with van der Waals surface area (Å²) in [7, 11) is 6.07. The second-order valence-electron chi connectivity index (χ2n) is 9.65. The van der Waals surface area contributed by atoms with Gasteiger partial charge in [0.05, 0.1) is 39.7 Å². The van der Waals surface area contributed by atoms with Gasteiger partial charge >= 0.3 is 0 Å². The fourth-order valence-electron chi connectivity index (χ4n) is 5.19. The van der Waals surface area contributed by atoms with Crippen LogP contribution in [0.5, 0.6) is 17.2 Å². The van der Waals surface area contributed by atoms with Crippen LogP contribution >= 0.6 is 0 Å². The largest absolute Gasteiger partial charge is 0.492 e. The number of hydrogen-bond acceptors (Lipinski definition) is 4. The molecule has 3 atom stereocenters. The molecule has 1 aromatic rings. The zero-order chi connectivity index (χ0) is 21.5. The number of carbonyl (C=O) groups is 1. The van der Waals surface area contributed by atoms with E-state index in [1.807, 2.05) is 6.08 Å². The van der Waals surface area contributed by atoms with Gasteiger partial charge in [-0.15, -0.1) is 0 Å². The zero-order valence-electron chi connectivity index (χ0n) is 18.9.